The lowest BCUT2D eigenvalue weighted by Gasteiger charge is -2.28. The summed E-state index contributed by atoms with van der Waals surface area (Å²) in [6, 6.07) is 7.92. The Labute approximate surface area is 149 Å². The molecule has 1 aliphatic rings. The topological polar surface area (TPSA) is 70.2 Å². The lowest BCUT2D eigenvalue weighted by molar-refractivity contribution is -0.133. The van der Waals surface area contributed by atoms with Gasteiger partial charge in [0.2, 0.25) is 5.91 Å². The van der Waals surface area contributed by atoms with Crippen molar-refractivity contribution in [2.75, 3.05) is 18.1 Å². The van der Waals surface area contributed by atoms with Crippen LogP contribution in [0.3, 0.4) is 0 Å². The van der Waals surface area contributed by atoms with Crippen LogP contribution in [0.1, 0.15) is 38.2 Å². The average molecular weight is 362 g/mol. The zero-order valence-corrected chi connectivity index (χ0v) is 15.5. The molecule has 1 fully saturated rings. The lowest BCUT2D eigenvalue weighted by Crippen LogP contribution is -2.41. The molecule has 0 radical (unpaired) electrons. The highest BCUT2D eigenvalue weighted by Gasteiger charge is 2.34. The van der Waals surface area contributed by atoms with E-state index in [-0.39, 0.29) is 23.5 Å². The second-order valence-corrected chi connectivity index (χ2v) is 9.09. The molecule has 6 heteroatoms. The van der Waals surface area contributed by atoms with Crippen molar-refractivity contribution < 1.29 is 13.2 Å². The molecule has 136 valence electrons. The first-order valence-corrected chi connectivity index (χ1v) is 10.9. The molecule has 1 aromatic carbocycles. The first-order valence-electron chi connectivity index (χ1n) is 9.05. The van der Waals surface area contributed by atoms with Crippen molar-refractivity contribution in [1.29, 1.82) is 0 Å². The SMILES string of the molecule is CCCCN(C(=O)CCc1c[nH]c2ccccc12)C1CCS(=O)(=O)C1. The summed E-state index contributed by atoms with van der Waals surface area (Å²) < 4.78 is 23.6. The molecule has 1 atom stereocenters. The Bertz CT molecular complexity index is 841. The number of hydrogen-bond acceptors (Lipinski definition) is 3. The van der Waals surface area contributed by atoms with E-state index in [1.807, 2.05) is 29.3 Å². The van der Waals surface area contributed by atoms with Gasteiger partial charge in [0.05, 0.1) is 11.5 Å². The van der Waals surface area contributed by atoms with Gasteiger partial charge in [-0.25, -0.2) is 8.42 Å². The van der Waals surface area contributed by atoms with Gasteiger partial charge in [-0.1, -0.05) is 31.5 Å². The predicted molar refractivity (Wildman–Crippen MR) is 100 cm³/mol. The zero-order chi connectivity index (χ0) is 17.9. The highest BCUT2D eigenvalue weighted by molar-refractivity contribution is 7.91. The number of H-pyrrole nitrogens is 1. The number of aryl methyl sites for hydroxylation is 1. The van der Waals surface area contributed by atoms with Gasteiger partial charge < -0.3 is 9.88 Å². The van der Waals surface area contributed by atoms with E-state index in [9.17, 15) is 13.2 Å². The molecule has 1 saturated heterocycles. The van der Waals surface area contributed by atoms with Gasteiger partial charge in [-0.05, 0) is 30.9 Å². The van der Waals surface area contributed by atoms with E-state index in [0.29, 0.717) is 25.8 Å². The highest BCUT2D eigenvalue weighted by atomic mass is 32.2. The van der Waals surface area contributed by atoms with E-state index < -0.39 is 9.84 Å². The van der Waals surface area contributed by atoms with Gasteiger partial charge >= 0.3 is 0 Å². The summed E-state index contributed by atoms with van der Waals surface area (Å²) in [5, 5.41) is 1.15. The molecule has 0 spiro atoms. The van der Waals surface area contributed by atoms with Crippen molar-refractivity contribution in [3.63, 3.8) is 0 Å². The van der Waals surface area contributed by atoms with Crippen molar-refractivity contribution >= 4 is 26.6 Å². The molecule has 1 aromatic heterocycles. The first-order chi connectivity index (χ1) is 12.0. The van der Waals surface area contributed by atoms with Crippen LogP contribution in [-0.4, -0.2) is 48.3 Å². The molecule has 25 heavy (non-hydrogen) atoms. The Kier molecular flexibility index (Phi) is 5.47. The number of fused-ring (bicyclic) bond motifs is 1. The number of carbonyl (C=O) groups excluding carboxylic acids is 1. The summed E-state index contributed by atoms with van der Waals surface area (Å²) in [6.07, 6.45) is 5.54. The Morgan fingerprint density at radius 2 is 2.12 bits per heavy atom. The molecule has 2 aromatic rings. The van der Waals surface area contributed by atoms with Gasteiger partial charge in [-0.15, -0.1) is 0 Å². The summed E-state index contributed by atoms with van der Waals surface area (Å²) in [5.74, 6) is 0.395. The minimum absolute atomic E-state index is 0.0702. The number of benzene rings is 1. The molecule has 1 aliphatic heterocycles. The van der Waals surface area contributed by atoms with Crippen molar-refractivity contribution in [1.82, 2.24) is 9.88 Å². The maximum atomic E-state index is 12.8. The number of nitrogens with zero attached hydrogens (tertiary/aromatic N) is 1. The number of nitrogens with one attached hydrogen (secondary N) is 1. The maximum Gasteiger partial charge on any atom is 0.223 e. The largest absolute Gasteiger partial charge is 0.361 e. The number of hydrogen-bond donors (Lipinski definition) is 1. The Morgan fingerprint density at radius 1 is 1.32 bits per heavy atom. The van der Waals surface area contributed by atoms with Crippen LogP contribution in [0.5, 0.6) is 0 Å². The number of aromatic nitrogens is 1. The van der Waals surface area contributed by atoms with Gasteiger partial charge in [-0.2, -0.15) is 0 Å². The van der Waals surface area contributed by atoms with Gasteiger partial charge in [-0.3, -0.25) is 4.79 Å². The van der Waals surface area contributed by atoms with E-state index >= 15 is 0 Å². The minimum atomic E-state index is -2.98. The second kappa shape index (κ2) is 7.60. The molecule has 0 saturated carbocycles. The predicted octanol–water partition coefficient (Wildman–Crippen LogP) is 2.92. The Morgan fingerprint density at radius 3 is 2.84 bits per heavy atom. The molecule has 1 N–H and O–H groups in total. The van der Waals surface area contributed by atoms with Crippen molar-refractivity contribution in [3.05, 3.63) is 36.0 Å². The van der Waals surface area contributed by atoms with Crippen molar-refractivity contribution in [3.8, 4) is 0 Å². The maximum absolute atomic E-state index is 12.8. The second-order valence-electron chi connectivity index (χ2n) is 6.86. The fraction of sp³-hybridized carbons (Fsp3) is 0.526. The molecule has 0 bridgehead atoms. The van der Waals surface area contributed by atoms with Crippen LogP contribution >= 0.6 is 0 Å². The van der Waals surface area contributed by atoms with Crippen LogP contribution in [0.2, 0.25) is 0 Å². The van der Waals surface area contributed by atoms with Crippen molar-refractivity contribution in [2.45, 2.75) is 45.1 Å². The average Bonchev–Trinajstić information content (AvgIpc) is 3.16. The summed E-state index contributed by atoms with van der Waals surface area (Å²) >= 11 is 0. The number of carbonyl (C=O) groups is 1. The normalized spacial score (nSPS) is 19.3. The molecule has 5 nitrogen and oxygen atoms in total. The third-order valence-corrected chi connectivity index (χ3v) is 6.76. The van der Waals surface area contributed by atoms with Crippen LogP contribution in [0.4, 0.5) is 0 Å². The van der Waals surface area contributed by atoms with Crippen LogP contribution in [0.25, 0.3) is 10.9 Å². The number of amides is 1. The number of unbranched alkanes of at least 4 members (excludes halogenated alkanes) is 1. The van der Waals surface area contributed by atoms with Gasteiger partial charge in [0.25, 0.3) is 0 Å². The summed E-state index contributed by atoms with van der Waals surface area (Å²) in [5.41, 5.74) is 2.22. The van der Waals surface area contributed by atoms with Gasteiger partial charge in [0.1, 0.15) is 0 Å². The number of rotatable bonds is 7. The molecular formula is C19H26N2O3S. The molecule has 1 unspecified atom stereocenters. The highest BCUT2D eigenvalue weighted by Crippen LogP contribution is 2.22. The van der Waals surface area contributed by atoms with E-state index in [1.165, 1.54) is 0 Å². The molecular weight excluding hydrogens is 336 g/mol. The van der Waals surface area contributed by atoms with E-state index in [2.05, 4.69) is 18.0 Å². The summed E-state index contributed by atoms with van der Waals surface area (Å²) in [4.78, 5) is 17.9. The van der Waals surface area contributed by atoms with Gasteiger partial charge in [0, 0.05) is 36.1 Å². The minimum Gasteiger partial charge on any atom is -0.361 e. The molecule has 2 heterocycles. The fourth-order valence-electron chi connectivity index (χ4n) is 3.58. The van der Waals surface area contributed by atoms with Crippen LogP contribution < -0.4 is 0 Å². The number of para-hydroxylation sites is 1. The van der Waals surface area contributed by atoms with Crippen LogP contribution in [0, 0.1) is 0 Å². The Balaban J connectivity index is 1.67. The summed E-state index contributed by atoms with van der Waals surface area (Å²) in [7, 11) is -2.98. The fourth-order valence-corrected chi connectivity index (χ4v) is 5.31. The molecule has 0 aliphatic carbocycles. The Hall–Kier alpha value is -1.82. The summed E-state index contributed by atoms with van der Waals surface area (Å²) in [6.45, 7) is 2.74. The number of sulfone groups is 1. The standard InChI is InChI=1S/C19H26N2O3S/c1-2-3-11-21(16-10-12-25(23,24)14-16)19(22)9-8-15-13-20-18-7-5-4-6-17(15)18/h4-7,13,16,20H,2-3,8-12,14H2,1H3. The van der Waals surface area contributed by atoms with Crippen LogP contribution in [-0.2, 0) is 21.1 Å². The third-order valence-electron chi connectivity index (χ3n) is 5.01. The van der Waals surface area contributed by atoms with Crippen LogP contribution in [0.15, 0.2) is 30.5 Å². The van der Waals surface area contributed by atoms with Gasteiger partial charge in [0.15, 0.2) is 9.84 Å². The van der Waals surface area contributed by atoms with E-state index in [1.54, 1.807) is 0 Å². The molecule has 1 amide bonds. The zero-order valence-electron chi connectivity index (χ0n) is 14.7. The smallest absolute Gasteiger partial charge is 0.223 e. The first kappa shape index (κ1) is 18.0. The third kappa shape index (κ3) is 4.24. The van der Waals surface area contributed by atoms with Crippen molar-refractivity contribution in [2.24, 2.45) is 0 Å². The monoisotopic (exact) mass is 362 g/mol. The quantitative estimate of drug-likeness (QED) is 0.823. The lowest BCUT2D eigenvalue weighted by atomic mass is 10.1. The molecule has 3 rings (SSSR count). The van der Waals surface area contributed by atoms with E-state index in [4.69, 9.17) is 0 Å². The number of aromatic amines is 1. The van der Waals surface area contributed by atoms with E-state index in [0.717, 1.165) is 29.3 Å².